The Bertz CT molecular complexity index is 528. The number of nitrogens with one attached hydrogen (secondary N) is 1. The molecule has 0 atom stereocenters. The van der Waals surface area contributed by atoms with E-state index < -0.39 is 0 Å². The highest BCUT2D eigenvalue weighted by atomic mass is 16.5. The second-order valence-corrected chi connectivity index (χ2v) is 4.48. The van der Waals surface area contributed by atoms with E-state index in [2.05, 4.69) is 5.32 Å². The molecule has 2 aromatic carbocycles. The van der Waals surface area contributed by atoms with Crippen molar-refractivity contribution in [3.8, 4) is 0 Å². The lowest BCUT2D eigenvalue weighted by molar-refractivity contribution is 0.0501. The normalized spacial score (nSPS) is 9.90. The molecule has 0 fully saturated rings. The predicted molar refractivity (Wildman–Crippen MR) is 80.1 cm³/mol. The van der Waals surface area contributed by atoms with E-state index in [1.54, 1.807) is 36.4 Å². The molecule has 0 bridgehead atoms. The van der Waals surface area contributed by atoms with Crippen molar-refractivity contribution >= 4 is 11.9 Å². The van der Waals surface area contributed by atoms with Crippen LogP contribution in [0.4, 0.5) is 0 Å². The molecule has 0 aliphatic rings. The van der Waals surface area contributed by atoms with Gasteiger partial charge in [-0.05, 0) is 30.7 Å². The zero-order valence-corrected chi connectivity index (χ0v) is 11.6. The molecule has 4 nitrogen and oxygen atoms in total. The molecule has 0 unspecified atom stereocenters. The van der Waals surface area contributed by atoms with E-state index in [0.717, 1.165) is 0 Å². The molecular formula is C17H17NO3. The Morgan fingerprint density at radius 1 is 0.857 bits per heavy atom. The molecule has 1 N–H and O–H groups in total. The van der Waals surface area contributed by atoms with Gasteiger partial charge in [0.1, 0.15) is 0 Å². The van der Waals surface area contributed by atoms with E-state index in [-0.39, 0.29) is 18.5 Å². The van der Waals surface area contributed by atoms with Crippen molar-refractivity contribution in [1.29, 1.82) is 0 Å². The zero-order valence-electron chi connectivity index (χ0n) is 11.6. The maximum absolute atomic E-state index is 11.7. The number of rotatable bonds is 6. The van der Waals surface area contributed by atoms with Crippen molar-refractivity contribution in [3.05, 3.63) is 71.8 Å². The van der Waals surface area contributed by atoms with Crippen LogP contribution in [0, 0.1) is 0 Å². The van der Waals surface area contributed by atoms with Crippen molar-refractivity contribution < 1.29 is 14.3 Å². The molecule has 0 saturated carbocycles. The second-order valence-electron chi connectivity index (χ2n) is 4.48. The lowest BCUT2D eigenvalue weighted by Crippen LogP contribution is -2.25. The van der Waals surface area contributed by atoms with Gasteiger partial charge in [-0.1, -0.05) is 36.4 Å². The highest BCUT2D eigenvalue weighted by molar-refractivity contribution is 5.94. The average Bonchev–Trinajstić information content (AvgIpc) is 2.55. The summed E-state index contributed by atoms with van der Waals surface area (Å²) in [7, 11) is 0. The first kappa shape index (κ1) is 14.8. The third-order valence-corrected chi connectivity index (χ3v) is 2.89. The monoisotopic (exact) mass is 283 g/mol. The van der Waals surface area contributed by atoms with Crippen molar-refractivity contribution in [1.82, 2.24) is 5.32 Å². The average molecular weight is 283 g/mol. The maximum atomic E-state index is 11.7. The van der Waals surface area contributed by atoms with E-state index in [1.807, 2.05) is 24.3 Å². The van der Waals surface area contributed by atoms with Gasteiger partial charge in [-0.25, -0.2) is 4.79 Å². The first-order valence-corrected chi connectivity index (χ1v) is 6.83. The lowest BCUT2D eigenvalue weighted by Gasteiger charge is -2.06. The molecule has 0 aromatic heterocycles. The quantitative estimate of drug-likeness (QED) is 0.655. The Kier molecular flexibility index (Phi) is 5.52. The van der Waals surface area contributed by atoms with E-state index in [1.165, 1.54) is 0 Å². The number of hydrogen-bond acceptors (Lipinski definition) is 3. The summed E-state index contributed by atoms with van der Waals surface area (Å²) in [6, 6.07) is 17.8. The molecule has 0 aliphatic heterocycles. The molecule has 2 rings (SSSR count). The van der Waals surface area contributed by atoms with Crippen LogP contribution in [0.2, 0.25) is 0 Å². The predicted octanol–water partition coefficient (Wildman–Crippen LogP) is 2.66. The van der Waals surface area contributed by atoms with Crippen molar-refractivity contribution in [2.75, 3.05) is 13.2 Å². The van der Waals surface area contributed by atoms with Crippen LogP contribution >= 0.6 is 0 Å². The number of carbonyl (C=O) groups excluding carboxylic acids is 2. The summed E-state index contributed by atoms with van der Waals surface area (Å²) in [5.74, 6) is -0.463. The first-order valence-electron chi connectivity index (χ1n) is 6.83. The molecule has 21 heavy (non-hydrogen) atoms. The van der Waals surface area contributed by atoms with Gasteiger partial charge < -0.3 is 10.1 Å². The van der Waals surface area contributed by atoms with Gasteiger partial charge >= 0.3 is 5.97 Å². The molecule has 0 saturated heterocycles. The van der Waals surface area contributed by atoms with Gasteiger partial charge in [0.15, 0.2) is 0 Å². The van der Waals surface area contributed by atoms with Crippen LogP contribution < -0.4 is 5.32 Å². The number of hydrogen-bond donors (Lipinski definition) is 1. The van der Waals surface area contributed by atoms with Crippen LogP contribution in [0.25, 0.3) is 0 Å². The van der Waals surface area contributed by atoms with Gasteiger partial charge in [-0.3, -0.25) is 4.79 Å². The molecular weight excluding hydrogens is 266 g/mol. The number of benzene rings is 2. The summed E-state index contributed by atoms with van der Waals surface area (Å²) in [6.45, 7) is 0.749. The van der Waals surface area contributed by atoms with E-state index in [9.17, 15) is 9.59 Å². The Labute approximate surface area is 123 Å². The summed E-state index contributed by atoms with van der Waals surface area (Å²) in [5.41, 5.74) is 1.16. The van der Waals surface area contributed by atoms with Crippen molar-refractivity contribution in [2.24, 2.45) is 0 Å². The van der Waals surface area contributed by atoms with Gasteiger partial charge in [0, 0.05) is 12.1 Å². The molecule has 108 valence electrons. The fourth-order valence-electron chi connectivity index (χ4n) is 1.79. The van der Waals surface area contributed by atoms with Crippen LogP contribution in [0.5, 0.6) is 0 Å². The number of carbonyl (C=O) groups is 2. The third-order valence-electron chi connectivity index (χ3n) is 2.89. The number of esters is 1. The standard InChI is InChI=1S/C17H17NO3/c19-16(14-8-3-1-4-9-14)18-12-7-13-21-17(20)15-10-5-2-6-11-15/h1-6,8-11H,7,12-13H2,(H,18,19). The summed E-state index contributed by atoms with van der Waals surface area (Å²) >= 11 is 0. The summed E-state index contributed by atoms with van der Waals surface area (Å²) < 4.78 is 5.13. The minimum Gasteiger partial charge on any atom is -0.462 e. The van der Waals surface area contributed by atoms with E-state index >= 15 is 0 Å². The Morgan fingerprint density at radius 3 is 2.05 bits per heavy atom. The Morgan fingerprint density at radius 2 is 1.43 bits per heavy atom. The fourth-order valence-corrected chi connectivity index (χ4v) is 1.79. The summed E-state index contributed by atoms with van der Waals surface area (Å²) in [4.78, 5) is 23.4. The maximum Gasteiger partial charge on any atom is 0.338 e. The molecule has 1 amide bonds. The van der Waals surface area contributed by atoms with Crippen LogP contribution in [0.15, 0.2) is 60.7 Å². The topological polar surface area (TPSA) is 55.4 Å². The van der Waals surface area contributed by atoms with Crippen LogP contribution in [-0.2, 0) is 4.74 Å². The van der Waals surface area contributed by atoms with Gasteiger partial charge in [0.05, 0.1) is 12.2 Å². The molecule has 4 heteroatoms. The van der Waals surface area contributed by atoms with Crippen LogP contribution in [-0.4, -0.2) is 25.0 Å². The van der Waals surface area contributed by atoms with Crippen molar-refractivity contribution in [2.45, 2.75) is 6.42 Å². The van der Waals surface area contributed by atoms with E-state index in [0.29, 0.717) is 24.1 Å². The largest absolute Gasteiger partial charge is 0.462 e. The fraction of sp³-hybridized carbons (Fsp3) is 0.176. The van der Waals surface area contributed by atoms with Crippen molar-refractivity contribution in [3.63, 3.8) is 0 Å². The second kappa shape index (κ2) is 7.85. The Balaban J connectivity index is 1.64. The Hall–Kier alpha value is -2.62. The molecule has 2 aromatic rings. The van der Waals surface area contributed by atoms with Crippen LogP contribution in [0.3, 0.4) is 0 Å². The number of ether oxygens (including phenoxy) is 1. The minimum atomic E-state index is -0.343. The third kappa shape index (κ3) is 4.76. The summed E-state index contributed by atoms with van der Waals surface area (Å²) in [5, 5.41) is 2.78. The van der Waals surface area contributed by atoms with Gasteiger partial charge in [-0.2, -0.15) is 0 Å². The van der Waals surface area contributed by atoms with E-state index in [4.69, 9.17) is 4.74 Å². The molecule has 0 heterocycles. The highest BCUT2D eigenvalue weighted by Gasteiger charge is 2.06. The smallest absolute Gasteiger partial charge is 0.338 e. The molecule has 0 aliphatic carbocycles. The highest BCUT2D eigenvalue weighted by Crippen LogP contribution is 2.01. The SMILES string of the molecule is O=C(NCCCOC(=O)c1ccccc1)c1ccccc1. The van der Waals surface area contributed by atoms with Gasteiger partial charge in [0.25, 0.3) is 5.91 Å². The van der Waals surface area contributed by atoms with Gasteiger partial charge in [-0.15, -0.1) is 0 Å². The minimum absolute atomic E-state index is 0.120. The molecule has 0 spiro atoms. The first-order chi connectivity index (χ1) is 10.3. The zero-order chi connectivity index (χ0) is 14.9. The van der Waals surface area contributed by atoms with Gasteiger partial charge in [0.2, 0.25) is 0 Å². The van der Waals surface area contributed by atoms with Crippen LogP contribution in [0.1, 0.15) is 27.1 Å². The summed E-state index contributed by atoms with van der Waals surface area (Å²) in [6.07, 6.45) is 0.581. The molecule has 0 radical (unpaired) electrons. The lowest BCUT2D eigenvalue weighted by atomic mass is 10.2. The number of amides is 1.